The third-order valence-corrected chi connectivity index (χ3v) is 3.27. The minimum atomic E-state index is -0.274. The molecule has 18 heavy (non-hydrogen) atoms. The van der Waals surface area contributed by atoms with Gasteiger partial charge in [0.1, 0.15) is 11.6 Å². The molecule has 2 rings (SSSR count). The lowest BCUT2D eigenvalue weighted by atomic mass is 10.1. The van der Waals surface area contributed by atoms with Gasteiger partial charge in [-0.2, -0.15) is 0 Å². The fourth-order valence-electron chi connectivity index (χ4n) is 1.88. The number of hydrogen-bond donors (Lipinski definition) is 1. The van der Waals surface area contributed by atoms with E-state index < -0.39 is 0 Å². The van der Waals surface area contributed by atoms with Crippen molar-refractivity contribution in [2.75, 3.05) is 18.5 Å². The van der Waals surface area contributed by atoms with Gasteiger partial charge in [0.05, 0.1) is 11.7 Å². The number of rotatable bonds is 4. The third-order valence-electron chi connectivity index (χ3n) is 2.85. The molecule has 1 heterocycles. The number of furan rings is 1. The lowest BCUT2D eigenvalue weighted by Gasteiger charge is -2.27. The van der Waals surface area contributed by atoms with Crippen LogP contribution in [-0.4, -0.2) is 13.6 Å². The molecule has 0 spiro atoms. The highest BCUT2D eigenvalue weighted by Gasteiger charge is 2.21. The Balaban J connectivity index is 2.31. The van der Waals surface area contributed by atoms with Crippen LogP contribution in [0.25, 0.3) is 0 Å². The highest BCUT2D eigenvalue weighted by atomic mass is 79.9. The van der Waals surface area contributed by atoms with Crippen LogP contribution in [0.15, 0.2) is 45.5 Å². The molecule has 0 fully saturated rings. The van der Waals surface area contributed by atoms with Crippen molar-refractivity contribution in [2.45, 2.75) is 6.04 Å². The molecule has 1 atom stereocenters. The molecule has 0 radical (unpaired) electrons. The summed E-state index contributed by atoms with van der Waals surface area (Å²) >= 11 is 3.25. The zero-order valence-corrected chi connectivity index (χ0v) is 11.5. The van der Waals surface area contributed by atoms with Crippen molar-refractivity contribution in [3.63, 3.8) is 0 Å². The number of hydrogen-bond acceptors (Lipinski definition) is 3. The van der Waals surface area contributed by atoms with Crippen LogP contribution in [0, 0.1) is 5.82 Å². The second kappa shape index (κ2) is 5.54. The van der Waals surface area contributed by atoms with E-state index in [4.69, 9.17) is 10.2 Å². The zero-order chi connectivity index (χ0) is 13.1. The van der Waals surface area contributed by atoms with Gasteiger partial charge < -0.3 is 15.1 Å². The van der Waals surface area contributed by atoms with Gasteiger partial charge in [0.2, 0.25) is 0 Å². The summed E-state index contributed by atoms with van der Waals surface area (Å²) in [5.74, 6) is 0.430. The van der Waals surface area contributed by atoms with E-state index in [2.05, 4.69) is 15.9 Å². The molecule has 2 N–H and O–H groups in total. The van der Waals surface area contributed by atoms with E-state index in [1.165, 1.54) is 6.07 Å². The third kappa shape index (κ3) is 2.57. The summed E-state index contributed by atoms with van der Waals surface area (Å²) in [6.07, 6.45) is 0. The Hall–Kier alpha value is -1.33. The van der Waals surface area contributed by atoms with E-state index in [-0.39, 0.29) is 11.9 Å². The molecular weight excluding hydrogens is 299 g/mol. The molecule has 0 aliphatic heterocycles. The van der Waals surface area contributed by atoms with Gasteiger partial charge >= 0.3 is 0 Å². The fourth-order valence-corrected chi connectivity index (χ4v) is 2.20. The number of benzene rings is 1. The fraction of sp³-hybridized carbons (Fsp3) is 0.231. The van der Waals surface area contributed by atoms with E-state index in [1.54, 1.807) is 36.2 Å². The van der Waals surface area contributed by atoms with E-state index in [9.17, 15) is 4.39 Å². The number of anilines is 1. The molecule has 1 unspecified atom stereocenters. The smallest absolute Gasteiger partial charge is 0.169 e. The van der Waals surface area contributed by atoms with E-state index in [0.29, 0.717) is 22.7 Å². The SMILES string of the molecule is CN(c1ccccc1F)C(CN)c1ccc(Br)o1. The highest BCUT2D eigenvalue weighted by molar-refractivity contribution is 9.10. The van der Waals surface area contributed by atoms with Crippen LogP contribution >= 0.6 is 15.9 Å². The Labute approximate surface area is 114 Å². The summed E-state index contributed by atoms with van der Waals surface area (Å²) in [5, 5.41) is 0. The van der Waals surface area contributed by atoms with Crippen LogP contribution < -0.4 is 10.6 Å². The second-order valence-corrected chi connectivity index (χ2v) is 4.74. The Bertz CT molecular complexity index is 529. The van der Waals surface area contributed by atoms with Crippen molar-refractivity contribution < 1.29 is 8.81 Å². The summed E-state index contributed by atoms with van der Waals surface area (Å²) in [5.41, 5.74) is 6.26. The maximum atomic E-state index is 13.7. The van der Waals surface area contributed by atoms with E-state index in [1.807, 2.05) is 6.07 Å². The summed E-state index contributed by atoms with van der Waals surface area (Å²) in [6.45, 7) is 0.338. The minimum Gasteiger partial charge on any atom is -0.452 e. The van der Waals surface area contributed by atoms with Gasteiger partial charge in [0, 0.05) is 13.6 Å². The van der Waals surface area contributed by atoms with Crippen molar-refractivity contribution in [3.8, 4) is 0 Å². The maximum absolute atomic E-state index is 13.7. The first-order valence-electron chi connectivity index (χ1n) is 5.56. The number of halogens is 2. The Morgan fingerprint density at radius 3 is 2.61 bits per heavy atom. The molecule has 5 heteroatoms. The summed E-state index contributed by atoms with van der Waals surface area (Å²) in [4.78, 5) is 1.78. The van der Waals surface area contributed by atoms with Gasteiger partial charge in [0.15, 0.2) is 4.67 Å². The number of nitrogens with two attached hydrogens (primary N) is 1. The molecule has 1 aromatic heterocycles. The number of likely N-dealkylation sites (N-methyl/N-ethyl adjacent to an activating group) is 1. The van der Waals surface area contributed by atoms with Gasteiger partial charge in [0.25, 0.3) is 0 Å². The average Bonchev–Trinajstić information content (AvgIpc) is 2.77. The Morgan fingerprint density at radius 1 is 1.33 bits per heavy atom. The zero-order valence-electron chi connectivity index (χ0n) is 9.94. The Morgan fingerprint density at radius 2 is 2.06 bits per heavy atom. The van der Waals surface area contributed by atoms with Crippen LogP contribution in [0.5, 0.6) is 0 Å². The molecule has 3 nitrogen and oxygen atoms in total. The Kier molecular flexibility index (Phi) is 4.04. The van der Waals surface area contributed by atoms with Crippen LogP contribution in [-0.2, 0) is 0 Å². The van der Waals surface area contributed by atoms with Crippen LogP contribution in [0.1, 0.15) is 11.8 Å². The monoisotopic (exact) mass is 312 g/mol. The molecular formula is C13H14BrFN2O. The van der Waals surface area contributed by atoms with Gasteiger partial charge in [-0.15, -0.1) is 0 Å². The van der Waals surface area contributed by atoms with Crippen LogP contribution in [0.3, 0.4) is 0 Å². The minimum absolute atomic E-state index is 0.201. The molecule has 0 aliphatic carbocycles. The van der Waals surface area contributed by atoms with Crippen LogP contribution in [0.2, 0.25) is 0 Å². The molecule has 0 saturated carbocycles. The van der Waals surface area contributed by atoms with Gasteiger partial charge in [-0.05, 0) is 40.2 Å². The first-order valence-corrected chi connectivity index (χ1v) is 6.35. The second-order valence-electron chi connectivity index (χ2n) is 3.96. The van der Waals surface area contributed by atoms with Crippen molar-refractivity contribution in [2.24, 2.45) is 5.73 Å². The number of nitrogens with zero attached hydrogens (tertiary/aromatic N) is 1. The van der Waals surface area contributed by atoms with Gasteiger partial charge in [-0.25, -0.2) is 4.39 Å². The largest absolute Gasteiger partial charge is 0.452 e. The molecule has 0 amide bonds. The molecule has 96 valence electrons. The molecule has 2 aromatic rings. The predicted molar refractivity (Wildman–Crippen MR) is 73.0 cm³/mol. The molecule has 1 aromatic carbocycles. The van der Waals surface area contributed by atoms with E-state index >= 15 is 0 Å². The summed E-state index contributed by atoms with van der Waals surface area (Å²) in [7, 11) is 1.80. The molecule has 0 aliphatic rings. The first-order chi connectivity index (χ1) is 8.63. The van der Waals surface area contributed by atoms with E-state index in [0.717, 1.165) is 0 Å². The lowest BCUT2D eigenvalue weighted by Crippen LogP contribution is -2.30. The average molecular weight is 313 g/mol. The topological polar surface area (TPSA) is 42.4 Å². The molecule has 0 saturated heterocycles. The van der Waals surface area contributed by atoms with Crippen molar-refractivity contribution in [1.29, 1.82) is 0 Å². The quantitative estimate of drug-likeness (QED) is 0.941. The lowest BCUT2D eigenvalue weighted by molar-refractivity contribution is 0.442. The van der Waals surface area contributed by atoms with Crippen molar-refractivity contribution in [3.05, 3.63) is 52.6 Å². The predicted octanol–water partition coefficient (Wildman–Crippen LogP) is 3.32. The summed E-state index contributed by atoms with van der Waals surface area (Å²) in [6, 6.07) is 10.0. The molecule has 0 bridgehead atoms. The van der Waals surface area contributed by atoms with Crippen molar-refractivity contribution >= 4 is 21.6 Å². The van der Waals surface area contributed by atoms with Gasteiger partial charge in [-0.3, -0.25) is 0 Å². The number of para-hydroxylation sites is 1. The standard InChI is InChI=1S/C13H14BrFN2O/c1-17(10-5-3-2-4-9(10)15)11(8-16)12-6-7-13(14)18-12/h2-7,11H,8,16H2,1H3. The highest BCUT2D eigenvalue weighted by Crippen LogP contribution is 2.29. The summed E-state index contributed by atoms with van der Waals surface area (Å²) < 4.78 is 19.9. The van der Waals surface area contributed by atoms with Crippen LogP contribution in [0.4, 0.5) is 10.1 Å². The first kappa shape index (κ1) is 13.1. The van der Waals surface area contributed by atoms with Crippen molar-refractivity contribution in [1.82, 2.24) is 0 Å². The normalized spacial score (nSPS) is 12.4. The van der Waals surface area contributed by atoms with Gasteiger partial charge in [-0.1, -0.05) is 12.1 Å². The maximum Gasteiger partial charge on any atom is 0.169 e.